The van der Waals surface area contributed by atoms with Crippen LogP contribution in [0, 0.1) is 0 Å². The van der Waals surface area contributed by atoms with Gasteiger partial charge >= 0.3 is 11.9 Å². The van der Waals surface area contributed by atoms with Gasteiger partial charge in [-0.1, -0.05) is 187 Å². The first-order valence-electron chi connectivity index (χ1n) is 24.7. The van der Waals surface area contributed by atoms with Crippen LogP contribution in [-0.4, -0.2) is 37.9 Å². The number of allylic oxidation sites excluding steroid dienone is 22. The molecule has 5 heteroatoms. The monoisotopic (exact) mass is 855 g/mol. The summed E-state index contributed by atoms with van der Waals surface area (Å²) in [4.78, 5) is 25.3. The molecule has 1 unspecified atom stereocenters. The van der Waals surface area contributed by atoms with Gasteiger partial charge in [-0.05, 0) is 122 Å². The molecule has 62 heavy (non-hydrogen) atoms. The van der Waals surface area contributed by atoms with Crippen molar-refractivity contribution in [2.45, 2.75) is 194 Å². The highest BCUT2D eigenvalue weighted by molar-refractivity contribution is 5.70. The maximum atomic E-state index is 12.7. The molecular weight excluding hydrogens is 765 g/mol. The second-order valence-corrected chi connectivity index (χ2v) is 15.6. The molecule has 0 N–H and O–H groups in total. The first kappa shape index (κ1) is 58.0. The fourth-order valence-electron chi connectivity index (χ4n) is 6.03. The number of esters is 2. The van der Waals surface area contributed by atoms with Crippen LogP contribution in [0.25, 0.3) is 0 Å². The molecule has 0 amide bonds. The molecule has 0 aliphatic carbocycles. The highest BCUT2D eigenvalue weighted by Crippen LogP contribution is 2.11. The van der Waals surface area contributed by atoms with Crippen LogP contribution in [0.5, 0.6) is 0 Å². The summed E-state index contributed by atoms with van der Waals surface area (Å²) in [5.74, 6) is -0.501. The van der Waals surface area contributed by atoms with Crippen molar-refractivity contribution < 1.29 is 23.8 Å². The zero-order chi connectivity index (χ0) is 44.9. The first-order chi connectivity index (χ1) is 30.6. The Morgan fingerprint density at radius 1 is 0.371 bits per heavy atom. The summed E-state index contributed by atoms with van der Waals surface area (Å²) < 4.78 is 17.2. The van der Waals surface area contributed by atoms with Crippen molar-refractivity contribution >= 4 is 11.9 Å². The predicted octanol–water partition coefficient (Wildman–Crippen LogP) is 16.8. The van der Waals surface area contributed by atoms with Gasteiger partial charge in [0.1, 0.15) is 6.61 Å². The van der Waals surface area contributed by atoms with Crippen molar-refractivity contribution in [3.05, 3.63) is 134 Å². The Balaban J connectivity index is 4.45. The molecular formula is C57H90O5. The Morgan fingerprint density at radius 3 is 1.21 bits per heavy atom. The van der Waals surface area contributed by atoms with E-state index in [1.54, 1.807) is 0 Å². The molecule has 0 saturated carbocycles. The van der Waals surface area contributed by atoms with E-state index in [9.17, 15) is 9.59 Å². The maximum absolute atomic E-state index is 12.7. The van der Waals surface area contributed by atoms with Crippen LogP contribution in [0.3, 0.4) is 0 Å². The number of rotatable bonds is 43. The van der Waals surface area contributed by atoms with Crippen LogP contribution in [0.4, 0.5) is 0 Å². The number of carbonyl (C=O) groups is 2. The number of ether oxygens (including phenoxy) is 3. The average molecular weight is 855 g/mol. The van der Waals surface area contributed by atoms with E-state index in [0.29, 0.717) is 19.4 Å². The Hall–Kier alpha value is -3.96. The van der Waals surface area contributed by atoms with Gasteiger partial charge in [0.05, 0.1) is 6.61 Å². The molecule has 0 bridgehead atoms. The van der Waals surface area contributed by atoms with E-state index in [2.05, 4.69) is 154 Å². The summed E-state index contributed by atoms with van der Waals surface area (Å²) in [6.45, 7) is 7.33. The molecule has 0 aliphatic heterocycles. The van der Waals surface area contributed by atoms with Gasteiger partial charge in [-0.25, -0.2) is 0 Å². The number of carbonyl (C=O) groups excluding carboxylic acids is 2. The molecule has 5 nitrogen and oxygen atoms in total. The lowest BCUT2D eigenvalue weighted by Gasteiger charge is -2.18. The minimum atomic E-state index is -0.596. The summed E-state index contributed by atoms with van der Waals surface area (Å²) in [7, 11) is 0. The normalized spacial score (nSPS) is 13.4. The van der Waals surface area contributed by atoms with Gasteiger partial charge < -0.3 is 14.2 Å². The molecule has 0 fully saturated rings. The van der Waals surface area contributed by atoms with E-state index < -0.39 is 6.10 Å². The van der Waals surface area contributed by atoms with Gasteiger partial charge in [-0.15, -0.1) is 0 Å². The van der Waals surface area contributed by atoms with Crippen LogP contribution in [0.1, 0.15) is 188 Å². The van der Waals surface area contributed by atoms with Crippen molar-refractivity contribution in [1.29, 1.82) is 0 Å². The lowest BCUT2D eigenvalue weighted by atomic mass is 10.1. The second-order valence-electron chi connectivity index (χ2n) is 15.6. The molecule has 0 rings (SSSR count). The van der Waals surface area contributed by atoms with Crippen LogP contribution >= 0.6 is 0 Å². The maximum Gasteiger partial charge on any atom is 0.306 e. The van der Waals surface area contributed by atoms with Crippen molar-refractivity contribution in [3.63, 3.8) is 0 Å². The predicted molar refractivity (Wildman–Crippen MR) is 269 cm³/mol. The molecule has 1 atom stereocenters. The lowest BCUT2D eigenvalue weighted by molar-refractivity contribution is -0.163. The molecule has 0 aromatic carbocycles. The molecule has 0 radical (unpaired) electrons. The highest BCUT2D eigenvalue weighted by atomic mass is 16.6. The second kappa shape index (κ2) is 51.4. The van der Waals surface area contributed by atoms with E-state index in [-0.39, 0.29) is 25.2 Å². The average Bonchev–Trinajstić information content (AvgIpc) is 3.27. The first-order valence-corrected chi connectivity index (χ1v) is 24.7. The smallest absolute Gasteiger partial charge is 0.306 e. The third-order valence-corrected chi connectivity index (χ3v) is 9.65. The van der Waals surface area contributed by atoms with E-state index in [1.807, 2.05) is 0 Å². The quantitative estimate of drug-likeness (QED) is 0.0347. The topological polar surface area (TPSA) is 61.8 Å². The molecule has 0 saturated heterocycles. The van der Waals surface area contributed by atoms with Gasteiger partial charge in [0.25, 0.3) is 0 Å². The number of hydrogen-bond acceptors (Lipinski definition) is 5. The van der Waals surface area contributed by atoms with E-state index >= 15 is 0 Å². The molecule has 0 aromatic rings. The summed E-state index contributed by atoms with van der Waals surface area (Å²) in [6, 6.07) is 0. The molecule has 0 spiro atoms. The van der Waals surface area contributed by atoms with E-state index in [0.717, 1.165) is 122 Å². The summed E-state index contributed by atoms with van der Waals surface area (Å²) in [5, 5.41) is 0. The van der Waals surface area contributed by atoms with Crippen molar-refractivity contribution in [3.8, 4) is 0 Å². The van der Waals surface area contributed by atoms with E-state index in [1.165, 1.54) is 32.1 Å². The zero-order valence-electron chi connectivity index (χ0n) is 39.8. The third-order valence-electron chi connectivity index (χ3n) is 9.65. The third kappa shape index (κ3) is 48.7. The van der Waals surface area contributed by atoms with Crippen molar-refractivity contribution in [2.75, 3.05) is 19.8 Å². The SMILES string of the molecule is CC/C=C\C/C=C\C/C=C\C/C=C\C/C=C\C/C=C\CCCOCC(COC(=O)CCCC/C=C\C/C=C\C/C=C\C/C=C\CC)OC(=O)CCCCCCC/C=C\CCCC. The summed E-state index contributed by atoms with van der Waals surface area (Å²) in [6.07, 6.45) is 73.3. The van der Waals surface area contributed by atoms with Crippen molar-refractivity contribution in [2.24, 2.45) is 0 Å². The standard InChI is InChI=1S/C57H90O5/c1-4-7-10-13-16-19-22-24-26-27-28-29-30-32-34-37-40-43-46-49-52-60-53-55(62-57(59)51-48-45-42-39-35-21-18-15-12-9-6-3)54-61-56(58)50-47-44-41-38-36-33-31-25-23-20-17-14-11-8-5-2/h7-8,10-11,15-20,24-26,28-29,31-32,34,36,38,40,43,55H,4-6,9,12-14,21-23,27,30,33,35,37,39,41-42,44-54H2,1-3H3/b10-7-,11-8-,18-15-,19-16-,20-17-,26-24-,29-28-,31-25-,34-32-,38-36-,43-40-. The minimum absolute atomic E-state index is 0.0281. The summed E-state index contributed by atoms with van der Waals surface area (Å²) >= 11 is 0. The molecule has 0 aromatic heterocycles. The number of hydrogen-bond donors (Lipinski definition) is 0. The molecule has 0 heterocycles. The van der Waals surface area contributed by atoms with Gasteiger partial charge in [-0.2, -0.15) is 0 Å². The van der Waals surface area contributed by atoms with Gasteiger partial charge in [0, 0.05) is 19.4 Å². The van der Waals surface area contributed by atoms with Crippen LogP contribution < -0.4 is 0 Å². The molecule has 348 valence electrons. The van der Waals surface area contributed by atoms with E-state index in [4.69, 9.17) is 14.2 Å². The minimum Gasteiger partial charge on any atom is -0.462 e. The number of unbranched alkanes of at least 4 members (excludes halogenated alkanes) is 10. The zero-order valence-corrected chi connectivity index (χ0v) is 39.8. The Morgan fingerprint density at radius 2 is 0.726 bits per heavy atom. The Bertz CT molecular complexity index is 1330. The molecule has 0 aliphatic rings. The Kier molecular flexibility index (Phi) is 48.1. The summed E-state index contributed by atoms with van der Waals surface area (Å²) in [5.41, 5.74) is 0. The van der Waals surface area contributed by atoms with Crippen LogP contribution in [0.2, 0.25) is 0 Å². The van der Waals surface area contributed by atoms with Gasteiger partial charge in [-0.3, -0.25) is 9.59 Å². The lowest BCUT2D eigenvalue weighted by Crippen LogP contribution is -2.30. The highest BCUT2D eigenvalue weighted by Gasteiger charge is 2.17. The Labute approximate surface area is 381 Å². The van der Waals surface area contributed by atoms with Crippen molar-refractivity contribution in [1.82, 2.24) is 0 Å². The van der Waals surface area contributed by atoms with Gasteiger partial charge in [0.2, 0.25) is 0 Å². The van der Waals surface area contributed by atoms with Crippen LogP contribution in [0.15, 0.2) is 134 Å². The van der Waals surface area contributed by atoms with Gasteiger partial charge in [0.15, 0.2) is 6.10 Å². The fraction of sp³-hybridized carbons (Fsp3) is 0.579. The fourth-order valence-corrected chi connectivity index (χ4v) is 6.03. The van der Waals surface area contributed by atoms with Crippen LogP contribution in [-0.2, 0) is 23.8 Å². The largest absolute Gasteiger partial charge is 0.462 e.